The SMILES string of the molecule is CCOc1ccccc1NC(=O)NC1CCN(c2nc3cccnc3n(CC)c2=O)CC1. The summed E-state index contributed by atoms with van der Waals surface area (Å²) in [5, 5.41) is 5.90. The molecule has 0 aliphatic carbocycles. The van der Waals surface area contributed by atoms with Crippen LogP contribution in [0.4, 0.5) is 16.3 Å². The normalized spacial score (nSPS) is 14.4. The van der Waals surface area contributed by atoms with Crippen LogP contribution >= 0.6 is 0 Å². The average molecular weight is 437 g/mol. The molecule has 2 aromatic heterocycles. The summed E-state index contributed by atoms with van der Waals surface area (Å²) in [7, 11) is 0. The van der Waals surface area contributed by atoms with E-state index in [-0.39, 0.29) is 17.6 Å². The zero-order valence-corrected chi connectivity index (χ0v) is 18.4. The number of carbonyl (C=O) groups excluding carboxylic acids is 1. The lowest BCUT2D eigenvalue weighted by atomic mass is 10.1. The number of aromatic nitrogens is 3. The molecule has 9 heteroatoms. The van der Waals surface area contributed by atoms with Crippen LogP contribution in [0.5, 0.6) is 5.75 Å². The predicted octanol–water partition coefficient (Wildman–Crippen LogP) is 3.00. The minimum atomic E-state index is -0.265. The Morgan fingerprint density at radius 2 is 1.94 bits per heavy atom. The quantitative estimate of drug-likeness (QED) is 0.616. The van der Waals surface area contributed by atoms with Crippen molar-refractivity contribution in [2.75, 3.05) is 29.9 Å². The van der Waals surface area contributed by atoms with E-state index in [0.717, 1.165) is 12.8 Å². The van der Waals surface area contributed by atoms with Crippen LogP contribution in [0.25, 0.3) is 11.2 Å². The second kappa shape index (κ2) is 9.67. The number of para-hydroxylation sites is 2. The van der Waals surface area contributed by atoms with Crippen LogP contribution in [-0.2, 0) is 6.54 Å². The van der Waals surface area contributed by atoms with E-state index in [2.05, 4.69) is 20.6 Å². The smallest absolute Gasteiger partial charge is 0.319 e. The molecular weight excluding hydrogens is 408 g/mol. The highest BCUT2D eigenvalue weighted by atomic mass is 16.5. The van der Waals surface area contributed by atoms with Gasteiger partial charge in [-0.3, -0.25) is 9.36 Å². The van der Waals surface area contributed by atoms with Crippen LogP contribution in [-0.4, -0.2) is 46.3 Å². The number of urea groups is 1. The van der Waals surface area contributed by atoms with E-state index in [1.54, 1.807) is 10.8 Å². The van der Waals surface area contributed by atoms with Gasteiger partial charge in [0.05, 0.1) is 12.3 Å². The lowest BCUT2D eigenvalue weighted by molar-refractivity contribution is 0.245. The lowest BCUT2D eigenvalue weighted by Crippen LogP contribution is -2.47. The maximum atomic E-state index is 13.0. The molecule has 0 spiro atoms. The number of piperidine rings is 1. The molecular formula is C23H28N6O3. The molecule has 2 amide bonds. The summed E-state index contributed by atoms with van der Waals surface area (Å²) in [5.41, 5.74) is 1.81. The molecule has 1 aliphatic heterocycles. The minimum Gasteiger partial charge on any atom is -0.492 e. The monoisotopic (exact) mass is 436 g/mol. The van der Waals surface area contributed by atoms with E-state index >= 15 is 0 Å². The molecule has 3 heterocycles. The van der Waals surface area contributed by atoms with Crippen molar-refractivity contribution in [3.8, 4) is 5.75 Å². The molecule has 32 heavy (non-hydrogen) atoms. The van der Waals surface area contributed by atoms with Crippen molar-refractivity contribution in [2.24, 2.45) is 0 Å². The molecule has 1 fully saturated rings. The van der Waals surface area contributed by atoms with Gasteiger partial charge in [-0.1, -0.05) is 12.1 Å². The van der Waals surface area contributed by atoms with Crippen molar-refractivity contribution in [1.29, 1.82) is 0 Å². The number of pyridine rings is 1. The first-order valence-corrected chi connectivity index (χ1v) is 11.0. The van der Waals surface area contributed by atoms with Gasteiger partial charge in [-0.15, -0.1) is 0 Å². The standard InChI is InChI=1S/C23H28N6O3/c1-3-29-20-18(9-7-13-24-20)26-21(22(29)30)28-14-11-16(12-15-28)25-23(31)27-17-8-5-6-10-19(17)32-4-2/h5-10,13,16H,3-4,11-12,14-15H2,1-2H3,(H2,25,27,31). The largest absolute Gasteiger partial charge is 0.492 e. The maximum Gasteiger partial charge on any atom is 0.319 e. The van der Waals surface area contributed by atoms with E-state index in [1.807, 2.05) is 55.1 Å². The van der Waals surface area contributed by atoms with Gasteiger partial charge >= 0.3 is 6.03 Å². The zero-order chi connectivity index (χ0) is 22.5. The molecule has 168 valence electrons. The van der Waals surface area contributed by atoms with Gasteiger partial charge in [0.2, 0.25) is 0 Å². The van der Waals surface area contributed by atoms with E-state index in [1.165, 1.54) is 0 Å². The van der Waals surface area contributed by atoms with Gasteiger partial charge in [0.25, 0.3) is 5.56 Å². The Labute approximate surface area is 186 Å². The Morgan fingerprint density at radius 1 is 1.16 bits per heavy atom. The van der Waals surface area contributed by atoms with Crippen LogP contribution in [0.15, 0.2) is 47.4 Å². The molecule has 0 atom stereocenters. The minimum absolute atomic E-state index is 0.0148. The third-order valence-electron chi connectivity index (χ3n) is 5.57. The number of anilines is 2. The van der Waals surface area contributed by atoms with Gasteiger partial charge in [0.1, 0.15) is 11.3 Å². The molecule has 1 aliphatic rings. The van der Waals surface area contributed by atoms with Gasteiger partial charge < -0.3 is 20.3 Å². The second-order valence-corrected chi connectivity index (χ2v) is 7.62. The fourth-order valence-corrected chi connectivity index (χ4v) is 3.99. The summed E-state index contributed by atoms with van der Waals surface area (Å²) in [6.45, 7) is 6.16. The highest BCUT2D eigenvalue weighted by molar-refractivity contribution is 5.91. The van der Waals surface area contributed by atoms with Crippen LogP contribution in [0, 0.1) is 0 Å². The third-order valence-corrected chi connectivity index (χ3v) is 5.57. The van der Waals surface area contributed by atoms with E-state index < -0.39 is 0 Å². The van der Waals surface area contributed by atoms with Gasteiger partial charge in [-0.05, 0) is 51.0 Å². The zero-order valence-electron chi connectivity index (χ0n) is 18.4. The van der Waals surface area contributed by atoms with E-state index in [9.17, 15) is 9.59 Å². The first-order chi connectivity index (χ1) is 15.6. The van der Waals surface area contributed by atoms with Crippen molar-refractivity contribution < 1.29 is 9.53 Å². The fraction of sp³-hybridized carbons (Fsp3) is 0.391. The number of ether oxygens (including phenoxy) is 1. The topological polar surface area (TPSA) is 101 Å². The van der Waals surface area contributed by atoms with Crippen molar-refractivity contribution in [1.82, 2.24) is 19.9 Å². The summed E-state index contributed by atoms with van der Waals surface area (Å²) in [5.74, 6) is 1.09. The Morgan fingerprint density at radius 3 is 2.69 bits per heavy atom. The number of rotatable bonds is 6. The molecule has 4 rings (SSSR count). The Bertz CT molecular complexity index is 1150. The summed E-state index contributed by atoms with van der Waals surface area (Å²) >= 11 is 0. The Balaban J connectivity index is 1.40. The third kappa shape index (κ3) is 4.51. The summed E-state index contributed by atoms with van der Waals surface area (Å²) in [6, 6.07) is 10.8. The molecule has 3 aromatic rings. The molecule has 0 radical (unpaired) electrons. The number of hydrogen-bond acceptors (Lipinski definition) is 6. The second-order valence-electron chi connectivity index (χ2n) is 7.62. The van der Waals surface area contributed by atoms with Crippen LogP contribution in [0.1, 0.15) is 26.7 Å². The fourth-order valence-electron chi connectivity index (χ4n) is 3.99. The van der Waals surface area contributed by atoms with Gasteiger partial charge in [0, 0.05) is 31.9 Å². The van der Waals surface area contributed by atoms with Crippen molar-refractivity contribution in [3.63, 3.8) is 0 Å². The molecule has 0 saturated carbocycles. The molecule has 0 bridgehead atoms. The molecule has 1 saturated heterocycles. The predicted molar refractivity (Wildman–Crippen MR) is 124 cm³/mol. The number of benzene rings is 1. The van der Waals surface area contributed by atoms with Crippen LogP contribution in [0.2, 0.25) is 0 Å². The summed E-state index contributed by atoms with van der Waals surface area (Å²) < 4.78 is 7.22. The number of aryl methyl sites for hydroxylation is 1. The summed E-state index contributed by atoms with van der Waals surface area (Å²) in [6.07, 6.45) is 3.11. The van der Waals surface area contributed by atoms with E-state index in [0.29, 0.717) is 54.7 Å². The van der Waals surface area contributed by atoms with E-state index in [4.69, 9.17) is 4.74 Å². The van der Waals surface area contributed by atoms with Gasteiger partial charge in [-0.2, -0.15) is 0 Å². The number of nitrogens with zero attached hydrogens (tertiary/aromatic N) is 4. The number of nitrogens with one attached hydrogen (secondary N) is 2. The highest BCUT2D eigenvalue weighted by Crippen LogP contribution is 2.24. The molecule has 2 N–H and O–H groups in total. The summed E-state index contributed by atoms with van der Waals surface area (Å²) in [4.78, 5) is 36.4. The van der Waals surface area contributed by atoms with Gasteiger partial charge in [-0.25, -0.2) is 14.8 Å². The van der Waals surface area contributed by atoms with Crippen LogP contribution < -0.4 is 25.8 Å². The average Bonchev–Trinajstić information content (AvgIpc) is 2.81. The first kappa shape index (κ1) is 21.6. The van der Waals surface area contributed by atoms with Crippen LogP contribution in [0.3, 0.4) is 0 Å². The molecule has 9 nitrogen and oxygen atoms in total. The first-order valence-electron chi connectivity index (χ1n) is 11.0. The Kier molecular flexibility index (Phi) is 6.53. The number of fused-ring (bicyclic) bond motifs is 1. The number of carbonyl (C=O) groups is 1. The molecule has 0 unspecified atom stereocenters. The number of amides is 2. The maximum absolute atomic E-state index is 13.0. The van der Waals surface area contributed by atoms with Crippen molar-refractivity contribution in [3.05, 3.63) is 52.9 Å². The lowest BCUT2D eigenvalue weighted by Gasteiger charge is -2.33. The molecule has 1 aromatic carbocycles. The highest BCUT2D eigenvalue weighted by Gasteiger charge is 2.25. The van der Waals surface area contributed by atoms with Crippen molar-refractivity contribution >= 4 is 28.7 Å². The van der Waals surface area contributed by atoms with Crippen molar-refractivity contribution in [2.45, 2.75) is 39.3 Å². The number of hydrogen-bond donors (Lipinski definition) is 2. The van der Waals surface area contributed by atoms with Gasteiger partial charge in [0.15, 0.2) is 11.5 Å². The Hall–Kier alpha value is -3.62.